The lowest BCUT2D eigenvalue weighted by Gasteiger charge is -2.12. The molecule has 1 N–H and O–H groups in total. The van der Waals surface area contributed by atoms with E-state index in [1.807, 2.05) is 0 Å². The maximum Gasteiger partial charge on any atom is 0.416 e. The van der Waals surface area contributed by atoms with Crippen LogP contribution in [0.5, 0.6) is 0 Å². The van der Waals surface area contributed by atoms with Crippen molar-refractivity contribution in [3.05, 3.63) is 40.7 Å². The van der Waals surface area contributed by atoms with Crippen LogP contribution in [0.1, 0.15) is 22.5 Å². The van der Waals surface area contributed by atoms with Gasteiger partial charge in [0, 0.05) is 5.69 Å². The average Bonchev–Trinajstić information content (AvgIpc) is 2.72. The van der Waals surface area contributed by atoms with Gasteiger partial charge in [0.25, 0.3) is 0 Å². The molecule has 0 spiro atoms. The lowest BCUT2D eigenvalue weighted by atomic mass is 10.1. The molecule has 0 saturated carbocycles. The van der Waals surface area contributed by atoms with Gasteiger partial charge in [0.05, 0.1) is 12.1 Å². The number of anilines is 1. The number of rotatable bonds is 3. The maximum atomic E-state index is 12.7. The predicted molar refractivity (Wildman–Crippen MR) is 62.5 cm³/mol. The van der Waals surface area contributed by atoms with Crippen LogP contribution in [-0.2, 0) is 12.7 Å². The Morgan fingerprint density at radius 2 is 1.95 bits per heavy atom. The molecule has 4 nitrogen and oxygen atoms in total. The Bertz CT molecular complexity index is 578. The van der Waals surface area contributed by atoms with Crippen molar-refractivity contribution in [3.8, 4) is 0 Å². The van der Waals surface area contributed by atoms with Crippen LogP contribution in [0.2, 0.25) is 0 Å². The smallest absolute Gasteiger partial charge is 0.379 e. The molecule has 1 aromatic carbocycles. The topological polar surface area (TPSA) is 51.0 Å². The Morgan fingerprint density at radius 3 is 2.53 bits per heavy atom. The summed E-state index contributed by atoms with van der Waals surface area (Å²) in [5.74, 6) is 0. The summed E-state index contributed by atoms with van der Waals surface area (Å²) in [6, 6.07) is 4.10. The Labute approximate surface area is 107 Å². The average molecular weight is 271 g/mol. The first kappa shape index (κ1) is 13.4. The number of alkyl halides is 3. The summed E-state index contributed by atoms with van der Waals surface area (Å²) in [5, 5.41) is 10.1. The van der Waals surface area contributed by atoms with Crippen molar-refractivity contribution in [1.82, 2.24) is 10.3 Å². The van der Waals surface area contributed by atoms with E-state index in [2.05, 4.69) is 20.3 Å². The van der Waals surface area contributed by atoms with Gasteiger partial charge < -0.3 is 5.32 Å². The quantitative estimate of drug-likeness (QED) is 0.930. The minimum Gasteiger partial charge on any atom is -0.379 e. The van der Waals surface area contributed by atoms with Gasteiger partial charge >= 0.3 is 6.18 Å². The van der Waals surface area contributed by atoms with Crippen LogP contribution in [0.4, 0.5) is 18.9 Å². The van der Waals surface area contributed by atoms with Crippen molar-refractivity contribution in [1.29, 1.82) is 0 Å². The molecule has 0 saturated heterocycles. The highest BCUT2D eigenvalue weighted by Crippen LogP contribution is 2.33. The van der Waals surface area contributed by atoms with Crippen LogP contribution in [0.25, 0.3) is 0 Å². The van der Waals surface area contributed by atoms with E-state index in [9.17, 15) is 13.2 Å². The summed E-state index contributed by atoms with van der Waals surface area (Å²) in [6.07, 6.45) is -4.35. The fraction of sp³-hybridized carbons (Fsp3) is 0.333. The third-order valence-electron chi connectivity index (χ3n) is 2.75. The third kappa shape index (κ3) is 3.04. The molecule has 0 fully saturated rings. The normalized spacial score (nSPS) is 11.6. The molecular weight excluding hydrogens is 259 g/mol. The number of aromatic nitrogens is 2. The first-order valence-corrected chi connectivity index (χ1v) is 5.57. The van der Waals surface area contributed by atoms with Crippen molar-refractivity contribution in [2.45, 2.75) is 26.6 Å². The SMILES string of the molecule is Cc1ccc(NCc2nonc2C)cc1C(F)(F)F. The van der Waals surface area contributed by atoms with Gasteiger partial charge in [0.15, 0.2) is 0 Å². The van der Waals surface area contributed by atoms with E-state index < -0.39 is 11.7 Å². The van der Waals surface area contributed by atoms with Crippen molar-refractivity contribution in [2.24, 2.45) is 0 Å². The summed E-state index contributed by atoms with van der Waals surface area (Å²) in [7, 11) is 0. The maximum absolute atomic E-state index is 12.7. The molecule has 0 radical (unpaired) electrons. The number of benzene rings is 1. The van der Waals surface area contributed by atoms with Gasteiger partial charge in [-0.1, -0.05) is 16.4 Å². The monoisotopic (exact) mass is 271 g/mol. The summed E-state index contributed by atoms with van der Waals surface area (Å²) in [5.41, 5.74) is 1.09. The zero-order valence-electron chi connectivity index (χ0n) is 10.4. The van der Waals surface area contributed by atoms with E-state index in [-0.39, 0.29) is 12.1 Å². The largest absolute Gasteiger partial charge is 0.416 e. The summed E-state index contributed by atoms with van der Waals surface area (Å²) in [6.45, 7) is 3.40. The van der Waals surface area contributed by atoms with E-state index in [0.29, 0.717) is 17.1 Å². The van der Waals surface area contributed by atoms with Crippen LogP contribution >= 0.6 is 0 Å². The molecule has 0 aliphatic heterocycles. The molecule has 0 unspecified atom stereocenters. The van der Waals surface area contributed by atoms with E-state index in [0.717, 1.165) is 6.07 Å². The molecule has 19 heavy (non-hydrogen) atoms. The van der Waals surface area contributed by atoms with Gasteiger partial charge in [-0.15, -0.1) is 0 Å². The highest BCUT2D eigenvalue weighted by molar-refractivity contribution is 5.49. The molecule has 2 aromatic rings. The Balaban J connectivity index is 2.16. The van der Waals surface area contributed by atoms with Gasteiger partial charge in [-0.2, -0.15) is 13.2 Å². The second kappa shape index (κ2) is 4.91. The molecule has 0 atom stereocenters. The van der Waals surface area contributed by atoms with Crippen LogP contribution in [0.15, 0.2) is 22.8 Å². The lowest BCUT2D eigenvalue weighted by Crippen LogP contribution is -2.09. The number of hydrogen-bond acceptors (Lipinski definition) is 4. The Kier molecular flexibility index (Phi) is 3.46. The Morgan fingerprint density at radius 1 is 1.21 bits per heavy atom. The van der Waals surface area contributed by atoms with E-state index in [4.69, 9.17) is 0 Å². The van der Waals surface area contributed by atoms with Crippen molar-refractivity contribution in [2.75, 3.05) is 5.32 Å². The molecule has 1 heterocycles. The van der Waals surface area contributed by atoms with Gasteiger partial charge in [0.1, 0.15) is 11.4 Å². The molecular formula is C12H12F3N3O. The third-order valence-corrected chi connectivity index (χ3v) is 2.75. The van der Waals surface area contributed by atoms with E-state index in [1.165, 1.54) is 13.0 Å². The number of nitrogens with zero attached hydrogens (tertiary/aromatic N) is 2. The highest BCUT2D eigenvalue weighted by Gasteiger charge is 2.32. The minimum absolute atomic E-state index is 0.192. The molecule has 0 bridgehead atoms. The van der Waals surface area contributed by atoms with Crippen LogP contribution in [-0.4, -0.2) is 10.3 Å². The van der Waals surface area contributed by atoms with E-state index >= 15 is 0 Å². The second-order valence-electron chi connectivity index (χ2n) is 4.18. The predicted octanol–water partition coefficient (Wildman–Crippen LogP) is 3.32. The van der Waals surface area contributed by atoms with E-state index in [1.54, 1.807) is 13.0 Å². The summed E-state index contributed by atoms with van der Waals surface area (Å²) in [4.78, 5) is 0. The fourth-order valence-electron chi connectivity index (χ4n) is 1.63. The van der Waals surface area contributed by atoms with Crippen LogP contribution in [0.3, 0.4) is 0 Å². The molecule has 0 aliphatic carbocycles. The second-order valence-corrected chi connectivity index (χ2v) is 4.18. The van der Waals surface area contributed by atoms with Crippen molar-refractivity contribution in [3.63, 3.8) is 0 Å². The zero-order chi connectivity index (χ0) is 14.0. The molecule has 1 aromatic heterocycles. The van der Waals surface area contributed by atoms with Gasteiger partial charge in [-0.25, -0.2) is 4.63 Å². The summed E-state index contributed by atoms with van der Waals surface area (Å²) >= 11 is 0. The van der Waals surface area contributed by atoms with Crippen molar-refractivity contribution >= 4 is 5.69 Å². The van der Waals surface area contributed by atoms with Gasteiger partial charge in [0.2, 0.25) is 0 Å². The number of hydrogen-bond donors (Lipinski definition) is 1. The summed E-state index contributed by atoms with van der Waals surface area (Å²) < 4.78 is 42.7. The van der Waals surface area contributed by atoms with Gasteiger partial charge in [-0.3, -0.25) is 0 Å². The molecule has 2 rings (SSSR count). The first-order chi connectivity index (χ1) is 8.88. The standard InChI is InChI=1S/C12H12F3N3O/c1-7-3-4-9(5-10(7)12(13,14)15)16-6-11-8(2)17-19-18-11/h3-5,16H,6H2,1-2H3. The van der Waals surface area contributed by atoms with Gasteiger partial charge in [-0.05, 0) is 31.5 Å². The number of aryl methyl sites for hydroxylation is 2. The Hall–Kier alpha value is -2.05. The van der Waals surface area contributed by atoms with Crippen LogP contribution < -0.4 is 5.32 Å². The lowest BCUT2D eigenvalue weighted by molar-refractivity contribution is -0.138. The first-order valence-electron chi connectivity index (χ1n) is 5.57. The van der Waals surface area contributed by atoms with Crippen LogP contribution in [0, 0.1) is 13.8 Å². The number of halogens is 3. The molecule has 0 aliphatic rings. The molecule has 102 valence electrons. The number of nitrogens with one attached hydrogen (secondary N) is 1. The van der Waals surface area contributed by atoms with Crippen molar-refractivity contribution < 1.29 is 17.8 Å². The fourth-order valence-corrected chi connectivity index (χ4v) is 1.63. The molecule has 0 amide bonds. The minimum atomic E-state index is -4.35. The zero-order valence-corrected chi connectivity index (χ0v) is 10.4. The molecule has 7 heteroatoms. The highest BCUT2D eigenvalue weighted by atomic mass is 19.4.